The molecule has 0 saturated heterocycles. The summed E-state index contributed by atoms with van der Waals surface area (Å²) in [5.74, 6) is 1.38. The molecule has 1 aromatic rings. The Morgan fingerprint density at radius 1 is 1.21 bits per heavy atom. The summed E-state index contributed by atoms with van der Waals surface area (Å²) < 4.78 is 23.5. The van der Waals surface area contributed by atoms with Crippen molar-refractivity contribution in [2.24, 2.45) is 11.8 Å². The maximum Gasteiger partial charge on any atom is 0.177 e. The van der Waals surface area contributed by atoms with E-state index in [-0.39, 0.29) is 0 Å². The maximum atomic E-state index is 11.7. The van der Waals surface area contributed by atoms with Gasteiger partial charge in [-0.05, 0) is 30.4 Å². The van der Waals surface area contributed by atoms with E-state index < -0.39 is 9.84 Å². The number of rotatable bonds is 4. The van der Waals surface area contributed by atoms with Gasteiger partial charge in [0, 0.05) is 12.8 Å². The lowest BCUT2D eigenvalue weighted by Gasteiger charge is -2.29. The summed E-state index contributed by atoms with van der Waals surface area (Å²) in [6.07, 6.45) is 6.42. The number of para-hydroxylation sites is 1. The van der Waals surface area contributed by atoms with Crippen LogP contribution in [0.4, 0.5) is 5.69 Å². The first kappa shape index (κ1) is 14.4. The average molecular weight is 281 g/mol. The third-order valence-electron chi connectivity index (χ3n) is 4.13. The highest BCUT2D eigenvalue weighted by Gasteiger charge is 2.21. The third kappa shape index (κ3) is 3.72. The van der Waals surface area contributed by atoms with Crippen molar-refractivity contribution in [1.82, 2.24) is 0 Å². The molecular weight excluding hydrogens is 258 g/mol. The van der Waals surface area contributed by atoms with Gasteiger partial charge in [0.15, 0.2) is 9.84 Å². The predicted molar refractivity (Wildman–Crippen MR) is 79.2 cm³/mol. The van der Waals surface area contributed by atoms with Crippen LogP contribution < -0.4 is 5.32 Å². The van der Waals surface area contributed by atoms with Gasteiger partial charge in [0.2, 0.25) is 0 Å². The Morgan fingerprint density at radius 2 is 1.89 bits per heavy atom. The SMILES string of the molecule is CC1CCCCC1CNc1ccccc1S(C)(=O)=O. The number of hydrogen-bond donors (Lipinski definition) is 1. The lowest BCUT2D eigenvalue weighted by atomic mass is 9.80. The highest BCUT2D eigenvalue weighted by atomic mass is 32.2. The van der Waals surface area contributed by atoms with Gasteiger partial charge in [0.25, 0.3) is 0 Å². The molecule has 1 fully saturated rings. The van der Waals surface area contributed by atoms with Crippen LogP contribution in [0.5, 0.6) is 0 Å². The van der Waals surface area contributed by atoms with Crippen LogP contribution in [-0.2, 0) is 9.84 Å². The Hall–Kier alpha value is -1.03. The molecule has 2 atom stereocenters. The summed E-state index contributed by atoms with van der Waals surface area (Å²) in [5.41, 5.74) is 0.739. The highest BCUT2D eigenvalue weighted by molar-refractivity contribution is 7.90. The van der Waals surface area contributed by atoms with Crippen LogP contribution in [0.2, 0.25) is 0 Å². The van der Waals surface area contributed by atoms with E-state index in [2.05, 4.69) is 12.2 Å². The maximum absolute atomic E-state index is 11.7. The van der Waals surface area contributed by atoms with E-state index in [0.717, 1.165) is 18.2 Å². The fraction of sp³-hybridized carbons (Fsp3) is 0.600. The van der Waals surface area contributed by atoms with E-state index in [1.165, 1.54) is 31.9 Å². The van der Waals surface area contributed by atoms with Crippen LogP contribution in [0, 0.1) is 11.8 Å². The van der Waals surface area contributed by atoms with E-state index >= 15 is 0 Å². The Bertz CT molecular complexity index is 525. The Morgan fingerprint density at radius 3 is 2.58 bits per heavy atom. The number of anilines is 1. The third-order valence-corrected chi connectivity index (χ3v) is 5.29. The zero-order chi connectivity index (χ0) is 13.9. The van der Waals surface area contributed by atoms with E-state index in [9.17, 15) is 8.42 Å². The van der Waals surface area contributed by atoms with E-state index in [1.807, 2.05) is 12.1 Å². The molecular formula is C15H23NO2S. The van der Waals surface area contributed by atoms with Gasteiger partial charge in [-0.15, -0.1) is 0 Å². The second-order valence-corrected chi connectivity index (χ2v) is 7.66. The first-order chi connectivity index (χ1) is 8.98. The molecule has 1 N–H and O–H groups in total. The van der Waals surface area contributed by atoms with Crippen LogP contribution in [-0.4, -0.2) is 21.2 Å². The van der Waals surface area contributed by atoms with Gasteiger partial charge in [-0.2, -0.15) is 0 Å². The second-order valence-electron chi connectivity index (χ2n) is 5.67. The molecule has 19 heavy (non-hydrogen) atoms. The Labute approximate surface area is 116 Å². The zero-order valence-electron chi connectivity index (χ0n) is 11.7. The standard InChI is InChI=1S/C15H23NO2S/c1-12-7-3-4-8-13(12)11-16-14-9-5-6-10-15(14)19(2,17)18/h5-6,9-10,12-13,16H,3-4,7-8,11H2,1-2H3. The number of hydrogen-bond acceptors (Lipinski definition) is 3. The molecule has 0 radical (unpaired) electrons. The molecule has 0 heterocycles. The topological polar surface area (TPSA) is 46.2 Å². The number of benzene rings is 1. The summed E-state index contributed by atoms with van der Waals surface area (Å²) >= 11 is 0. The molecule has 106 valence electrons. The second kappa shape index (κ2) is 5.95. The zero-order valence-corrected chi connectivity index (χ0v) is 12.5. The number of sulfone groups is 1. The fourth-order valence-corrected chi connectivity index (χ4v) is 3.74. The quantitative estimate of drug-likeness (QED) is 0.921. The van der Waals surface area contributed by atoms with E-state index in [0.29, 0.717) is 10.8 Å². The van der Waals surface area contributed by atoms with Crippen LogP contribution in [0.15, 0.2) is 29.2 Å². The van der Waals surface area contributed by atoms with E-state index in [4.69, 9.17) is 0 Å². The van der Waals surface area contributed by atoms with Gasteiger partial charge in [0.1, 0.15) is 0 Å². The molecule has 1 saturated carbocycles. The summed E-state index contributed by atoms with van der Waals surface area (Å²) in [4.78, 5) is 0.401. The van der Waals surface area contributed by atoms with Gasteiger partial charge in [-0.1, -0.05) is 38.3 Å². The summed E-state index contributed by atoms with van der Waals surface area (Å²) in [5, 5.41) is 3.34. The molecule has 0 aliphatic heterocycles. The molecule has 1 aromatic carbocycles. The smallest absolute Gasteiger partial charge is 0.177 e. The molecule has 2 rings (SSSR count). The largest absolute Gasteiger partial charge is 0.384 e. The highest BCUT2D eigenvalue weighted by Crippen LogP contribution is 2.30. The van der Waals surface area contributed by atoms with Gasteiger partial charge >= 0.3 is 0 Å². The monoisotopic (exact) mass is 281 g/mol. The van der Waals surface area contributed by atoms with Gasteiger partial charge < -0.3 is 5.32 Å². The first-order valence-corrected chi connectivity index (χ1v) is 8.90. The molecule has 1 aliphatic carbocycles. The minimum Gasteiger partial charge on any atom is -0.384 e. The van der Waals surface area contributed by atoms with Gasteiger partial charge in [-0.3, -0.25) is 0 Å². The Balaban J connectivity index is 2.07. The summed E-state index contributed by atoms with van der Waals surface area (Å²) in [7, 11) is -3.16. The molecule has 2 unspecified atom stereocenters. The minimum absolute atomic E-state index is 0.401. The summed E-state index contributed by atoms with van der Waals surface area (Å²) in [6.45, 7) is 3.17. The fourth-order valence-electron chi connectivity index (χ4n) is 2.87. The minimum atomic E-state index is -3.16. The van der Waals surface area contributed by atoms with Crippen LogP contribution in [0.1, 0.15) is 32.6 Å². The van der Waals surface area contributed by atoms with Crippen LogP contribution in [0.3, 0.4) is 0 Å². The molecule has 0 bridgehead atoms. The average Bonchev–Trinajstić information content (AvgIpc) is 2.37. The van der Waals surface area contributed by atoms with Crippen molar-refractivity contribution in [1.29, 1.82) is 0 Å². The Kier molecular flexibility index (Phi) is 4.50. The van der Waals surface area contributed by atoms with Crippen molar-refractivity contribution in [2.75, 3.05) is 18.1 Å². The van der Waals surface area contributed by atoms with Crippen LogP contribution >= 0.6 is 0 Å². The van der Waals surface area contributed by atoms with Gasteiger partial charge in [0.05, 0.1) is 10.6 Å². The van der Waals surface area contributed by atoms with Crippen molar-refractivity contribution >= 4 is 15.5 Å². The van der Waals surface area contributed by atoms with E-state index in [1.54, 1.807) is 12.1 Å². The van der Waals surface area contributed by atoms with Crippen molar-refractivity contribution in [3.05, 3.63) is 24.3 Å². The van der Waals surface area contributed by atoms with Gasteiger partial charge in [-0.25, -0.2) is 8.42 Å². The molecule has 0 aromatic heterocycles. The van der Waals surface area contributed by atoms with Crippen molar-refractivity contribution < 1.29 is 8.42 Å². The van der Waals surface area contributed by atoms with Crippen LogP contribution in [0.25, 0.3) is 0 Å². The molecule has 0 amide bonds. The van der Waals surface area contributed by atoms with Crippen molar-refractivity contribution in [3.63, 3.8) is 0 Å². The summed E-state index contributed by atoms with van der Waals surface area (Å²) in [6, 6.07) is 7.16. The molecule has 3 nitrogen and oxygen atoms in total. The molecule has 0 spiro atoms. The lowest BCUT2D eigenvalue weighted by molar-refractivity contribution is 0.268. The van der Waals surface area contributed by atoms with Crippen molar-refractivity contribution in [3.8, 4) is 0 Å². The number of nitrogens with one attached hydrogen (secondary N) is 1. The van der Waals surface area contributed by atoms with Crippen molar-refractivity contribution in [2.45, 2.75) is 37.5 Å². The molecule has 1 aliphatic rings. The molecule has 4 heteroatoms. The normalized spacial score (nSPS) is 24.1. The lowest BCUT2D eigenvalue weighted by Crippen LogP contribution is -2.24. The first-order valence-electron chi connectivity index (χ1n) is 7.01. The predicted octanol–water partition coefficient (Wildman–Crippen LogP) is 3.33.